The maximum absolute atomic E-state index is 9.63. The summed E-state index contributed by atoms with van der Waals surface area (Å²) < 4.78 is 5.17. The van der Waals surface area contributed by atoms with E-state index in [1.807, 2.05) is 37.4 Å². The van der Waals surface area contributed by atoms with Crippen molar-refractivity contribution in [2.75, 3.05) is 34.4 Å². The van der Waals surface area contributed by atoms with Gasteiger partial charge in [0.2, 0.25) is 0 Å². The molecule has 0 aliphatic heterocycles. The van der Waals surface area contributed by atoms with Crippen molar-refractivity contribution >= 4 is 0 Å². The molecule has 0 aliphatic rings. The first-order valence-corrected chi connectivity index (χ1v) is 6.94. The number of nitriles is 1. The number of benzene rings is 1. The molecule has 2 unspecified atom stereocenters. The summed E-state index contributed by atoms with van der Waals surface area (Å²) in [4.78, 5) is 2.22. The summed E-state index contributed by atoms with van der Waals surface area (Å²) >= 11 is 0. The maximum Gasteiger partial charge on any atom is 0.133 e. The molecule has 1 N–H and O–H groups in total. The molecule has 0 spiro atoms. The van der Waals surface area contributed by atoms with Crippen molar-refractivity contribution in [1.82, 2.24) is 10.2 Å². The average Bonchev–Trinajstić information content (AvgIpc) is 2.50. The van der Waals surface area contributed by atoms with Crippen molar-refractivity contribution in [3.63, 3.8) is 0 Å². The smallest absolute Gasteiger partial charge is 0.133 e. The topological polar surface area (TPSA) is 48.3 Å². The van der Waals surface area contributed by atoms with Crippen LogP contribution in [0, 0.1) is 11.3 Å². The zero-order valence-corrected chi connectivity index (χ0v) is 12.9. The zero-order chi connectivity index (χ0) is 15.0. The molecule has 1 aromatic carbocycles. The van der Waals surface area contributed by atoms with Gasteiger partial charge in [0.1, 0.15) is 5.54 Å². The largest absolute Gasteiger partial charge is 0.383 e. The second-order valence-electron chi connectivity index (χ2n) is 5.17. The molecule has 2 atom stereocenters. The molecule has 0 saturated heterocycles. The lowest BCUT2D eigenvalue weighted by molar-refractivity contribution is 0.111. The van der Waals surface area contributed by atoms with Gasteiger partial charge >= 0.3 is 0 Å². The number of rotatable bonds is 8. The van der Waals surface area contributed by atoms with Crippen LogP contribution in [0.25, 0.3) is 0 Å². The van der Waals surface area contributed by atoms with Gasteiger partial charge < -0.3 is 9.64 Å². The average molecular weight is 275 g/mol. The Kier molecular flexibility index (Phi) is 6.66. The van der Waals surface area contributed by atoms with E-state index in [0.29, 0.717) is 12.6 Å². The predicted molar refractivity (Wildman–Crippen MR) is 81.4 cm³/mol. The van der Waals surface area contributed by atoms with Crippen LogP contribution in [0.3, 0.4) is 0 Å². The molecule has 1 rings (SSSR count). The van der Waals surface area contributed by atoms with E-state index in [9.17, 15) is 5.26 Å². The lowest BCUT2D eigenvalue weighted by atomic mass is 9.88. The Morgan fingerprint density at radius 2 is 2.05 bits per heavy atom. The highest BCUT2D eigenvalue weighted by atomic mass is 16.5. The van der Waals surface area contributed by atoms with Crippen molar-refractivity contribution in [3.05, 3.63) is 35.9 Å². The number of methoxy groups -OCH3 is 1. The minimum absolute atomic E-state index is 0.337. The van der Waals surface area contributed by atoms with Gasteiger partial charge in [-0.1, -0.05) is 30.3 Å². The molecule has 4 heteroatoms. The number of likely N-dealkylation sites (N-methyl/N-ethyl adjacent to an activating group) is 1. The highest BCUT2D eigenvalue weighted by molar-refractivity contribution is 5.31. The maximum atomic E-state index is 9.63. The summed E-state index contributed by atoms with van der Waals surface area (Å²) in [5.74, 6) is 0. The van der Waals surface area contributed by atoms with Gasteiger partial charge in [-0.05, 0) is 33.0 Å². The molecule has 0 aliphatic carbocycles. The third-order valence-electron chi connectivity index (χ3n) is 3.88. The second-order valence-corrected chi connectivity index (χ2v) is 5.17. The molecular weight excluding hydrogens is 250 g/mol. The molecule has 0 amide bonds. The van der Waals surface area contributed by atoms with Gasteiger partial charge in [-0.3, -0.25) is 5.32 Å². The Labute approximate surface area is 122 Å². The van der Waals surface area contributed by atoms with Crippen LogP contribution in [0.1, 0.15) is 18.9 Å². The second kappa shape index (κ2) is 8.01. The van der Waals surface area contributed by atoms with Gasteiger partial charge in [0.25, 0.3) is 0 Å². The van der Waals surface area contributed by atoms with Crippen molar-refractivity contribution < 1.29 is 4.74 Å². The van der Waals surface area contributed by atoms with Gasteiger partial charge in [-0.2, -0.15) is 5.26 Å². The monoisotopic (exact) mass is 275 g/mol. The minimum atomic E-state index is -0.637. The van der Waals surface area contributed by atoms with Crippen molar-refractivity contribution in [2.45, 2.75) is 24.9 Å². The Balaban J connectivity index is 2.77. The van der Waals surface area contributed by atoms with E-state index >= 15 is 0 Å². The van der Waals surface area contributed by atoms with Crippen molar-refractivity contribution in [2.24, 2.45) is 0 Å². The fraction of sp³-hybridized carbons (Fsp3) is 0.562. The van der Waals surface area contributed by atoms with Crippen LogP contribution < -0.4 is 5.32 Å². The Morgan fingerprint density at radius 1 is 1.40 bits per heavy atom. The van der Waals surface area contributed by atoms with Crippen LogP contribution in [-0.2, 0) is 10.3 Å². The highest BCUT2D eigenvalue weighted by Gasteiger charge is 2.30. The van der Waals surface area contributed by atoms with Gasteiger partial charge in [0.15, 0.2) is 0 Å². The molecule has 110 valence electrons. The first-order valence-electron chi connectivity index (χ1n) is 6.94. The molecule has 20 heavy (non-hydrogen) atoms. The SMILES string of the molecule is CNC(C#N)(CCN(C)C(C)COC)c1ccccc1. The molecule has 4 nitrogen and oxygen atoms in total. The highest BCUT2D eigenvalue weighted by Crippen LogP contribution is 2.24. The Hall–Kier alpha value is -1.41. The van der Waals surface area contributed by atoms with Crippen LogP contribution in [0.2, 0.25) is 0 Å². The summed E-state index contributed by atoms with van der Waals surface area (Å²) in [5, 5.41) is 12.8. The number of hydrogen-bond donors (Lipinski definition) is 1. The molecule has 0 heterocycles. The lowest BCUT2D eigenvalue weighted by Gasteiger charge is -2.31. The van der Waals surface area contributed by atoms with Crippen molar-refractivity contribution in [3.8, 4) is 6.07 Å². The lowest BCUT2D eigenvalue weighted by Crippen LogP contribution is -2.43. The summed E-state index contributed by atoms with van der Waals surface area (Å²) in [5.41, 5.74) is 0.375. The van der Waals surface area contributed by atoms with Crippen molar-refractivity contribution in [1.29, 1.82) is 5.26 Å². The van der Waals surface area contributed by atoms with E-state index in [1.165, 1.54) is 0 Å². The predicted octanol–water partition coefficient (Wildman–Crippen LogP) is 1.98. The third-order valence-corrected chi connectivity index (χ3v) is 3.88. The van der Waals surface area contributed by atoms with Gasteiger partial charge in [-0.15, -0.1) is 0 Å². The number of ether oxygens (including phenoxy) is 1. The first kappa shape index (κ1) is 16.6. The summed E-state index contributed by atoms with van der Waals surface area (Å²) in [6.45, 7) is 3.65. The number of nitrogens with zero attached hydrogens (tertiary/aromatic N) is 2. The van der Waals surface area contributed by atoms with Crippen LogP contribution >= 0.6 is 0 Å². The summed E-state index contributed by atoms with van der Waals surface area (Å²) in [6, 6.07) is 12.7. The van der Waals surface area contributed by atoms with E-state index in [0.717, 1.165) is 18.5 Å². The molecule has 0 saturated carbocycles. The fourth-order valence-corrected chi connectivity index (χ4v) is 2.25. The first-order chi connectivity index (χ1) is 9.59. The zero-order valence-electron chi connectivity index (χ0n) is 12.9. The van der Waals surface area contributed by atoms with Crippen LogP contribution in [-0.4, -0.2) is 45.3 Å². The molecule has 0 bridgehead atoms. The Morgan fingerprint density at radius 3 is 2.55 bits per heavy atom. The summed E-state index contributed by atoms with van der Waals surface area (Å²) in [7, 11) is 5.61. The van der Waals surface area contributed by atoms with Gasteiger partial charge in [0, 0.05) is 19.7 Å². The fourth-order valence-electron chi connectivity index (χ4n) is 2.25. The van der Waals surface area contributed by atoms with E-state index in [1.54, 1.807) is 7.11 Å². The van der Waals surface area contributed by atoms with Gasteiger partial charge in [-0.25, -0.2) is 0 Å². The third kappa shape index (κ3) is 4.04. The molecule has 0 radical (unpaired) electrons. The molecule has 0 aromatic heterocycles. The number of hydrogen-bond acceptors (Lipinski definition) is 4. The van der Waals surface area contributed by atoms with Crippen LogP contribution in [0.4, 0.5) is 0 Å². The quantitative estimate of drug-likeness (QED) is 0.788. The molecule has 0 fully saturated rings. The van der Waals surface area contributed by atoms with Gasteiger partial charge in [0.05, 0.1) is 12.7 Å². The van der Waals surface area contributed by atoms with E-state index in [2.05, 4.69) is 30.3 Å². The van der Waals surface area contributed by atoms with E-state index in [4.69, 9.17) is 4.74 Å². The standard InChI is InChI=1S/C16H25N3O/c1-14(12-20-4)19(3)11-10-16(13-17,18-2)15-8-6-5-7-9-15/h5-9,14,18H,10-12H2,1-4H3. The van der Waals surface area contributed by atoms with Crippen LogP contribution in [0.5, 0.6) is 0 Å². The van der Waals surface area contributed by atoms with E-state index < -0.39 is 5.54 Å². The number of nitrogens with one attached hydrogen (secondary N) is 1. The minimum Gasteiger partial charge on any atom is -0.383 e. The van der Waals surface area contributed by atoms with Crippen LogP contribution in [0.15, 0.2) is 30.3 Å². The normalized spacial score (nSPS) is 15.6. The van der Waals surface area contributed by atoms with E-state index in [-0.39, 0.29) is 0 Å². The Bertz CT molecular complexity index is 429. The molecule has 1 aromatic rings. The molecular formula is C16H25N3O. The summed E-state index contributed by atoms with van der Waals surface area (Å²) in [6.07, 6.45) is 0.731.